The Bertz CT molecular complexity index is 988. The van der Waals surface area contributed by atoms with Crippen molar-refractivity contribution < 1.29 is 47.8 Å². The van der Waals surface area contributed by atoms with Crippen LogP contribution in [0.15, 0.2) is 24.3 Å². The van der Waals surface area contributed by atoms with E-state index in [9.17, 15) is 24.2 Å². The number of rotatable bonds is 43. The number of esters is 2. The molecule has 0 fully saturated rings. The van der Waals surface area contributed by atoms with Crippen LogP contribution >= 0.6 is 7.82 Å². The third-order valence-electron chi connectivity index (χ3n) is 9.97. The first-order chi connectivity index (χ1) is 27.2. The van der Waals surface area contributed by atoms with E-state index in [1.54, 1.807) is 12.2 Å². The Hall–Kier alpha value is -1.55. The Morgan fingerprint density at radius 2 is 0.982 bits per heavy atom. The largest absolute Gasteiger partial charge is 0.472 e. The molecule has 10 nitrogen and oxygen atoms in total. The van der Waals surface area contributed by atoms with E-state index in [1.807, 2.05) is 6.08 Å². The number of carbonyl (C=O) groups is 2. The number of carbonyl (C=O) groups excluding carboxylic acids is 2. The molecular formula is C45H85O10P. The van der Waals surface area contributed by atoms with Gasteiger partial charge in [0.1, 0.15) is 12.7 Å². The molecule has 0 aromatic carbocycles. The number of aliphatic hydroxyl groups excluding tert-OH is 2. The van der Waals surface area contributed by atoms with E-state index in [0.29, 0.717) is 6.42 Å². The van der Waals surface area contributed by atoms with Crippen LogP contribution in [0.1, 0.15) is 213 Å². The van der Waals surface area contributed by atoms with Gasteiger partial charge in [-0.05, 0) is 19.3 Å². The lowest BCUT2D eigenvalue weighted by Gasteiger charge is -2.19. The number of hydrogen-bond acceptors (Lipinski definition) is 9. The quantitative estimate of drug-likeness (QED) is 0.0178. The van der Waals surface area contributed by atoms with Crippen molar-refractivity contribution >= 4 is 19.8 Å². The minimum atomic E-state index is -4.64. The zero-order valence-electron chi connectivity index (χ0n) is 35.9. The Balaban J connectivity index is 4.31. The maximum Gasteiger partial charge on any atom is 0.472 e. The summed E-state index contributed by atoms with van der Waals surface area (Å²) in [6.07, 6.45) is 42.1. The molecule has 3 atom stereocenters. The van der Waals surface area contributed by atoms with Crippen molar-refractivity contribution in [3.63, 3.8) is 0 Å². The second kappa shape index (κ2) is 41.6. The lowest BCUT2D eigenvalue weighted by molar-refractivity contribution is -0.157. The van der Waals surface area contributed by atoms with Gasteiger partial charge in [0.15, 0.2) is 6.10 Å². The van der Waals surface area contributed by atoms with Gasteiger partial charge in [-0.1, -0.05) is 205 Å². The highest BCUT2D eigenvalue weighted by atomic mass is 31.2. The second-order valence-electron chi connectivity index (χ2n) is 15.5. The fourth-order valence-electron chi connectivity index (χ4n) is 6.43. The van der Waals surface area contributed by atoms with Gasteiger partial charge in [0.05, 0.1) is 19.8 Å². The summed E-state index contributed by atoms with van der Waals surface area (Å²) in [7, 11) is -4.64. The minimum absolute atomic E-state index is 0.227. The van der Waals surface area contributed by atoms with Crippen LogP contribution in [0, 0.1) is 0 Å². The molecule has 0 spiro atoms. The molecule has 0 aliphatic carbocycles. The van der Waals surface area contributed by atoms with Crippen molar-refractivity contribution in [3.05, 3.63) is 24.3 Å². The van der Waals surface area contributed by atoms with E-state index in [4.69, 9.17) is 19.1 Å². The summed E-state index contributed by atoms with van der Waals surface area (Å²) >= 11 is 0. The van der Waals surface area contributed by atoms with Gasteiger partial charge in [-0.3, -0.25) is 13.8 Å². The van der Waals surface area contributed by atoms with Crippen molar-refractivity contribution in [1.29, 1.82) is 0 Å². The first-order valence-corrected chi connectivity index (χ1v) is 24.3. The Kier molecular flexibility index (Phi) is 40.5. The van der Waals surface area contributed by atoms with Crippen molar-refractivity contribution in [2.24, 2.45) is 0 Å². The van der Waals surface area contributed by atoms with E-state index < -0.39 is 51.8 Å². The molecule has 0 aliphatic heterocycles. The number of hydrogen-bond donors (Lipinski definition) is 3. The molecule has 0 aromatic heterocycles. The van der Waals surface area contributed by atoms with Crippen LogP contribution in [0.3, 0.4) is 0 Å². The summed E-state index contributed by atoms with van der Waals surface area (Å²) in [6, 6.07) is 0. The van der Waals surface area contributed by atoms with Gasteiger partial charge in [0.25, 0.3) is 0 Å². The van der Waals surface area contributed by atoms with Crippen molar-refractivity contribution in [3.8, 4) is 0 Å². The normalized spacial score (nSPS) is 14.0. The predicted octanol–water partition coefficient (Wildman–Crippen LogP) is 12.2. The maximum absolute atomic E-state index is 12.5. The molecule has 0 aromatic rings. The lowest BCUT2D eigenvalue weighted by Crippen LogP contribution is -2.29. The van der Waals surface area contributed by atoms with Crippen LogP contribution in [-0.4, -0.2) is 65.7 Å². The smallest absolute Gasteiger partial charge is 0.462 e. The number of unbranched alkanes of at least 4 members (excludes halogenated alkanes) is 28. The molecule has 0 saturated carbocycles. The molecule has 0 bridgehead atoms. The Morgan fingerprint density at radius 1 is 0.571 bits per heavy atom. The van der Waals surface area contributed by atoms with Crippen LogP contribution in [0.25, 0.3) is 0 Å². The van der Waals surface area contributed by atoms with Gasteiger partial charge in [-0.25, -0.2) is 9.36 Å². The average Bonchev–Trinajstić information content (AvgIpc) is 3.19. The van der Waals surface area contributed by atoms with Gasteiger partial charge in [-0.2, -0.15) is 0 Å². The highest BCUT2D eigenvalue weighted by Gasteiger charge is 2.26. The van der Waals surface area contributed by atoms with E-state index >= 15 is 0 Å². The van der Waals surface area contributed by atoms with Gasteiger partial charge in [0.2, 0.25) is 0 Å². The first kappa shape index (κ1) is 54.5. The standard InChI is InChI=1S/C45H85O10P/c1-3-5-7-9-11-13-15-17-19-20-21-23-24-26-28-30-32-34-36-44(48)52-40-43(41-54-56(50,51)53-39-42(47)38-46)55-45(49)37-35-33-31-29-27-25-22-18-16-14-12-10-8-6-4-2/h31,33,35,37,42-43,46-47H,3-30,32,34,36,38-41H2,1-2H3,(H,50,51)/b33-31+,37-35+/t42-,43+/m0/s1. The molecule has 0 radical (unpaired) electrons. The zero-order chi connectivity index (χ0) is 41.2. The van der Waals surface area contributed by atoms with E-state index in [0.717, 1.165) is 32.1 Å². The van der Waals surface area contributed by atoms with Crippen LogP contribution in [-0.2, 0) is 32.7 Å². The van der Waals surface area contributed by atoms with Gasteiger partial charge in [-0.15, -0.1) is 0 Å². The zero-order valence-corrected chi connectivity index (χ0v) is 36.8. The highest BCUT2D eigenvalue weighted by Crippen LogP contribution is 2.43. The van der Waals surface area contributed by atoms with Crippen molar-refractivity contribution in [1.82, 2.24) is 0 Å². The van der Waals surface area contributed by atoms with Crippen LogP contribution < -0.4 is 0 Å². The number of phosphoric acid groups is 1. The number of aliphatic hydroxyl groups is 2. The Labute approximate surface area is 342 Å². The molecule has 0 saturated heterocycles. The van der Waals surface area contributed by atoms with E-state index in [2.05, 4.69) is 18.4 Å². The summed E-state index contributed by atoms with van der Waals surface area (Å²) in [5.74, 6) is -1.17. The number of phosphoric ester groups is 1. The Morgan fingerprint density at radius 3 is 1.43 bits per heavy atom. The third kappa shape index (κ3) is 40.6. The summed E-state index contributed by atoms with van der Waals surface area (Å²) < 4.78 is 32.5. The van der Waals surface area contributed by atoms with E-state index in [1.165, 1.54) is 160 Å². The SMILES string of the molecule is CCCCCCCCCCCCC/C=C/C=C/C(=O)O[C@H](COC(=O)CCCCCCCCCCCCCCCCCCCC)COP(=O)(O)OC[C@@H](O)CO. The lowest BCUT2D eigenvalue weighted by atomic mass is 10.0. The highest BCUT2D eigenvalue weighted by molar-refractivity contribution is 7.47. The minimum Gasteiger partial charge on any atom is -0.462 e. The third-order valence-corrected chi connectivity index (χ3v) is 10.9. The summed E-state index contributed by atoms with van der Waals surface area (Å²) in [5.41, 5.74) is 0. The molecule has 56 heavy (non-hydrogen) atoms. The summed E-state index contributed by atoms with van der Waals surface area (Å²) in [6.45, 7) is 2.29. The van der Waals surface area contributed by atoms with E-state index in [-0.39, 0.29) is 13.0 Å². The average molecular weight is 817 g/mol. The van der Waals surface area contributed by atoms with Gasteiger partial charge < -0.3 is 24.6 Å². The molecular weight excluding hydrogens is 731 g/mol. The van der Waals surface area contributed by atoms with Crippen LogP contribution in [0.4, 0.5) is 0 Å². The monoisotopic (exact) mass is 817 g/mol. The maximum atomic E-state index is 12.5. The fourth-order valence-corrected chi connectivity index (χ4v) is 7.22. The fraction of sp³-hybridized carbons (Fsp3) is 0.867. The number of allylic oxidation sites excluding steroid dienone is 3. The van der Waals surface area contributed by atoms with Crippen molar-refractivity contribution in [2.75, 3.05) is 26.4 Å². The summed E-state index contributed by atoms with van der Waals surface area (Å²) in [5, 5.41) is 18.3. The van der Waals surface area contributed by atoms with Crippen molar-refractivity contribution in [2.45, 2.75) is 225 Å². The molecule has 3 N–H and O–H groups in total. The van der Waals surface area contributed by atoms with Gasteiger partial charge in [0, 0.05) is 12.5 Å². The predicted molar refractivity (Wildman–Crippen MR) is 228 cm³/mol. The molecule has 330 valence electrons. The molecule has 0 aliphatic rings. The molecule has 11 heteroatoms. The van der Waals surface area contributed by atoms with Gasteiger partial charge >= 0.3 is 19.8 Å². The second-order valence-corrected chi connectivity index (χ2v) is 17.0. The molecule has 1 unspecified atom stereocenters. The molecule has 0 heterocycles. The van der Waals surface area contributed by atoms with Crippen LogP contribution in [0.2, 0.25) is 0 Å². The molecule has 0 amide bonds. The van der Waals surface area contributed by atoms with Crippen LogP contribution in [0.5, 0.6) is 0 Å². The summed E-state index contributed by atoms with van der Waals surface area (Å²) in [4.78, 5) is 34.9. The number of ether oxygens (including phenoxy) is 2. The first-order valence-electron chi connectivity index (χ1n) is 22.8. The molecule has 0 rings (SSSR count). The topological polar surface area (TPSA) is 149 Å².